The van der Waals surface area contributed by atoms with Crippen LogP contribution in [-0.2, 0) is 13.2 Å². The zero-order chi connectivity index (χ0) is 15.2. The zero-order valence-electron chi connectivity index (χ0n) is 12.8. The average molecular weight is 352 g/mol. The molecule has 0 aliphatic rings. The number of ether oxygens (including phenoxy) is 1. The molecule has 2 aromatic rings. The molecule has 0 aliphatic carbocycles. The summed E-state index contributed by atoms with van der Waals surface area (Å²) in [6, 6.07) is 8.12. The molecular formula is C17H22BrNO2. The second kappa shape index (κ2) is 7.66. The van der Waals surface area contributed by atoms with Crippen molar-refractivity contribution >= 4 is 15.9 Å². The fourth-order valence-electron chi connectivity index (χ4n) is 2.11. The fourth-order valence-corrected chi connectivity index (χ4v) is 2.71. The molecule has 0 unspecified atom stereocenters. The van der Waals surface area contributed by atoms with E-state index in [1.807, 2.05) is 25.1 Å². The lowest BCUT2D eigenvalue weighted by atomic mass is 10.2. The summed E-state index contributed by atoms with van der Waals surface area (Å²) >= 11 is 3.52. The molecule has 0 spiro atoms. The van der Waals surface area contributed by atoms with Gasteiger partial charge in [0, 0.05) is 12.1 Å². The third-order valence-electron chi connectivity index (χ3n) is 3.27. The van der Waals surface area contributed by atoms with E-state index in [9.17, 15) is 0 Å². The second-order valence-corrected chi connectivity index (χ2v) is 6.05. The van der Waals surface area contributed by atoms with Crippen molar-refractivity contribution < 1.29 is 9.15 Å². The zero-order valence-corrected chi connectivity index (χ0v) is 14.4. The largest absolute Gasteiger partial charge is 0.484 e. The lowest BCUT2D eigenvalue weighted by Gasteiger charge is -2.07. The number of rotatable bonds is 7. The van der Waals surface area contributed by atoms with Crippen LogP contribution in [0.5, 0.6) is 5.75 Å². The molecule has 0 saturated carbocycles. The molecule has 114 valence electrons. The summed E-state index contributed by atoms with van der Waals surface area (Å²) in [6.07, 6.45) is 1.13. The molecule has 4 heteroatoms. The number of aryl methyl sites for hydroxylation is 2. The number of benzene rings is 1. The topological polar surface area (TPSA) is 34.4 Å². The van der Waals surface area contributed by atoms with Crippen molar-refractivity contribution in [2.75, 3.05) is 6.54 Å². The van der Waals surface area contributed by atoms with Gasteiger partial charge in [0.2, 0.25) is 0 Å². The highest BCUT2D eigenvalue weighted by atomic mass is 79.9. The Morgan fingerprint density at radius 1 is 1.24 bits per heavy atom. The molecule has 0 fully saturated rings. The minimum atomic E-state index is 0.441. The normalized spacial score (nSPS) is 10.9. The molecule has 1 aromatic carbocycles. The van der Waals surface area contributed by atoms with Gasteiger partial charge in [0.25, 0.3) is 0 Å². The summed E-state index contributed by atoms with van der Waals surface area (Å²) in [5, 5.41) is 3.39. The molecular weight excluding hydrogens is 330 g/mol. The molecule has 0 aliphatic heterocycles. The van der Waals surface area contributed by atoms with E-state index in [2.05, 4.69) is 41.2 Å². The summed E-state index contributed by atoms with van der Waals surface area (Å²) in [5.41, 5.74) is 2.40. The van der Waals surface area contributed by atoms with Crippen LogP contribution in [-0.4, -0.2) is 6.54 Å². The van der Waals surface area contributed by atoms with E-state index >= 15 is 0 Å². The van der Waals surface area contributed by atoms with Gasteiger partial charge in [-0.3, -0.25) is 0 Å². The SMILES string of the molecule is CCCNCc1cc(COc2ccc(C)cc2Br)oc1C. The van der Waals surface area contributed by atoms with Crippen molar-refractivity contribution in [3.8, 4) is 5.75 Å². The molecule has 0 bridgehead atoms. The first-order chi connectivity index (χ1) is 10.1. The van der Waals surface area contributed by atoms with Crippen LogP contribution in [0.15, 0.2) is 33.2 Å². The van der Waals surface area contributed by atoms with Gasteiger partial charge in [-0.2, -0.15) is 0 Å². The summed E-state index contributed by atoms with van der Waals surface area (Å²) in [6.45, 7) is 8.52. The van der Waals surface area contributed by atoms with Gasteiger partial charge in [0.05, 0.1) is 4.47 Å². The molecule has 1 aromatic heterocycles. The van der Waals surface area contributed by atoms with Crippen molar-refractivity contribution in [3.63, 3.8) is 0 Å². The molecule has 0 saturated heterocycles. The van der Waals surface area contributed by atoms with Crippen molar-refractivity contribution in [1.82, 2.24) is 5.32 Å². The summed E-state index contributed by atoms with van der Waals surface area (Å²) in [5.74, 6) is 2.65. The van der Waals surface area contributed by atoms with Crippen LogP contribution in [0.25, 0.3) is 0 Å². The number of hydrogen-bond donors (Lipinski definition) is 1. The van der Waals surface area contributed by atoms with E-state index in [1.54, 1.807) is 0 Å². The van der Waals surface area contributed by atoms with Crippen LogP contribution in [0.3, 0.4) is 0 Å². The maximum absolute atomic E-state index is 5.81. The molecule has 0 radical (unpaired) electrons. The Hall–Kier alpha value is -1.26. The standard InChI is InChI=1S/C17H22BrNO2/c1-4-7-19-10-14-9-15(21-13(14)3)11-20-17-6-5-12(2)8-16(17)18/h5-6,8-9,19H,4,7,10-11H2,1-3H3. The van der Waals surface area contributed by atoms with Gasteiger partial charge in [-0.15, -0.1) is 0 Å². The predicted molar refractivity (Wildman–Crippen MR) is 88.7 cm³/mol. The number of nitrogens with one attached hydrogen (secondary N) is 1. The van der Waals surface area contributed by atoms with Gasteiger partial charge in [-0.1, -0.05) is 13.0 Å². The van der Waals surface area contributed by atoms with Crippen LogP contribution >= 0.6 is 15.9 Å². The molecule has 2 rings (SSSR count). The fraction of sp³-hybridized carbons (Fsp3) is 0.412. The van der Waals surface area contributed by atoms with Gasteiger partial charge in [-0.25, -0.2) is 0 Å². The Balaban J connectivity index is 1.95. The monoisotopic (exact) mass is 351 g/mol. The van der Waals surface area contributed by atoms with E-state index in [0.717, 1.165) is 41.3 Å². The average Bonchev–Trinajstić information content (AvgIpc) is 2.79. The Labute approximate surface area is 134 Å². The Kier molecular flexibility index (Phi) is 5.88. The minimum absolute atomic E-state index is 0.441. The molecule has 0 amide bonds. The van der Waals surface area contributed by atoms with Crippen molar-refractivity contribution in [2.24, 2.45) is 0 Å². The summed E-state index contributed by atoms with van der Waals surface area (Å²) in [7, 11) is 0. The van der Waals surface area contributed by atoms with Gasteiger partial charge in [0.15, 0.2) is 0 Å². The first kappa shape index (κ1) is 16.1. The van der Waals surface area contributed by atoms with Gasteiger partial charge in [0.1, 0.15) is 23.9 Å². The highest BCUT2D eigenvalue weighted by molar-refractivity contribution is 9.10. The van der Waals surface area contributed by atoms with Crippen LogP contribution in [0.4, 0.5) is 0 Å². The van der Waals surface area contributed by atoms with Crippen LogP contribution in [0.2, 0.25) is 0 Å². The van der Waals surface area contributed by atoms with Crippen molar-refractivity contribution in [1.29, 1.82) is 0 Å². The predicted octanol–water partition coefficient (Wildman–Crippen LogP) is 4.74. The minimum Gasteiger partial charge on any atom is -0.484 e. The van der Waals surface area contributed by atoms with E-state index in [1.165, 1.54) is 11.1 Å². The third kappa shape index (κ3) is 4.61. The number of hydrogen-bond acceptors (Lipinski definition) is 3. The molecule has 21 heavy (non-hydrogen) atoms. The molecule has 1 N–H and O–H groups in total. The third-order valence-corrected chi connectivity index (χ3v) is 3.89. The van der Waals surface area contributed by atoms with Crippen LogP contribution in [0, 0.1) is 13.8 Å². The smallest absolute Gasteiger partial charge is 0.146 e. The Morgan fingerprint density at radius 3 is 2.76 bits per heavy atom. The molecule has 1 heterocycles. The van der Waals surface area contributed by atoms with Crippen molar-refractivity contribution in [2.45, 2.75) is 40.3 Å². The highest BCUT2D eigenvalue weighted by Crippen LogP contribution is 2.27. The van der Waals surface area contributed by atoms with E-state index in [-0.39, 0.29) is 0 Å². The lowest BCUT2D eigenvalue weighted by molar-refractivity contribution is 0.266. The van der Waals surface area contributed by atoms with E-state index in [4.69, 9.17) is 9.15 Å². The Bertz CT molecular complexity index is 592. The molecule has 3 nitrogen and oxygen atoms in total. The molecule has 0 atom stereocenters. The summed E-state index contributed by atoms with van der Waals surface area (Å²) < 4.78 is 12.5. The van der Waals surface area contributed by atoms with E-state index in [0.29, 0.717) is 6.61 Å². The second-order valence-electron chi connectivity index (χ2n) is 5.19. The van der Waals surface area contributed by atoms with Crippen LogP contribution in [0.1, 0.15) is 36.0 Å². The number of halogens is 1. The quantitative estimate of drug-likeness (QED) is 0.731. The first-order valence-corrected chi connectivity index (χ1v) is 8.07. The highest BCUT2D eigenvalue weighted by Gasteiger charge is 2.09. The van der Waals surface area contributed by atoms with Gasteiger partial charge >= 0.3 is 0 Å². The summed E-state index contributed by atoms with van der Waals surface area (Å²) in [4.78, 5) is 0. The van der Waals surface area contributed by atoms with Gasteiger partial charge < -0.3 is 14.5 Å². The van der Waals surface area contributed by atoms with E-state index < -0.39 is 0 Å². The van der Waals surface area contributed by atoms with Crippen LogP contribution < -0.4 is 10.1 Å². The number of furan rings is 1. The Morgan fingerprint density at radius 2 is 2.05 bits per heavy atom. The van der Waals surface area contributed by atoms with Crippen molar-refractivity contribution in [3.05, 3.63) is 51.4 Å². The maximum Gasteiger partial charge on any atom is 0.146 e. The van der Waals surface area contributed by atoms with Gasteiger partial charge in [-0.05, 0) is 66.5 Å². The maximum atomic E-state index is 5.81. The lowest BCUT2D eigenvalue weighted by Crippen LogP contribution is -2.13. The first-order valence-electron chi connectivity index (χ1n) is 7.28.